The van der Waals surface area contributed by atoms with Crippen molar-refractivity contribution in [1.29, 1.82) is 5.26 Å². The highest BCUT2D eigenvalue weighted by Gasteiger charge is 2.31. The fourth-order valence-corrected chi connectivity index (χ4v) is 5.92. The normalized spacial score (nSPS) is 15.3. The number of hydrogen-bond donors (Lipinski definition) is 1. The highest BCUT2D eigenvalue weighted by atomic mass is 35.5. The molecule has 2 amide bonds. The van der Waals surface area contributed by atoms with Crippen molar-refractivity contribution in [3.8, 4) is 17.3 Å². The lowest BCUT2D eigenvalue weighted by Crippen LogP contribution is -2.55. The Bertz CT molecular complexity index is 1640. The summed E-state index contributed by atoms with van der Waals surface area (Å²) < 4.78 is 16.0. The molecule has 0 aliphatic carbocycles. The van der Waals surface area contributed by atoms with Crippen LogP contribution in [0.15, 0.2) is 65.0 Å². The molecule has 1 N–H and O–H groups in total. The number of pyridine rings is 1. The summed E-state index contributed by atoms with van der Waals surface area (Å²) >= 11 is 7.98. The fourth-order valence-electron chi connectivity index (χ4n) is 5.09. The van der Waals surface area contributed by atoms with E-state index >= 15 is 4.39 Å². The number of thioether (sulfide) groups is 1. The molecule has 0 saturated carbocycles. The summed E-state index contributed by atoms with van der Waals surface area (Å²) in [4.78, 5) is 38.6. The number of amidine groups is 1. The van der Waals surface area contributed by atoms with E-state index in [0.29, 0.717) is 31.9 Å². The number of rotatable bonds is 8. The molecule has 3 aromatic rings. The molecule has 1 saturated heterocycles. The molecule has 0 bridgehead atoms. The quantitative estimate of drug-likeness (QED) is 0.100. The largest absolute Gasteiger partial charge is 0.350 e. The Kier molecular flexibility index (Phi) is 10.2. The monoisotopic (exact) mass is 618 g/mol. The van der Waals surface area contributed by atoms with Gasteiger partial charge in [0.25, 0.3) is 0 Å². The zero-order valence-electron chi connectivity index (χ0n) is 24.4. The SMILES string of the molecule is C=CC(=O)N1CCN(/C(=N/c2c(SC)cccc2C(C)C)c2cc(F)c(-c3cccc(C#N)c3Cl)nc2NC=O)C(C)C1. The van der Waals surface area contributed by atoms with E-state index < -0.39 is 5.82 Å². The number of benzene rings is 2. The average Bonchev–Trinajstić information content (AvgIpc) is 3.00. The Morgan fingerprint density at radius 1 is 1.30 bits per heavy atom. The lowest BCUT2D eigenvalue weighted by Gasteiger charge is -2.41. The maximum atomic E-state index is 16.0. The summed E-state index contributed by atoms with van der Waals surface area (Å²) in [6, 6.07) is 13.7. The van der Waals surface area contributed by atoms with Crippen LogP contribution in [0.3, 0.4) is 0 Å². The molecular formula is C32H32ClFN6O2S. The molecular weight excluding hydrogens is 587 g/mol. The van der Waals surface area contributed by atoms with Crippen LogP contribution in [0, 0.1) is 17.1 Å². The number of amides is 2. The van der Waals surface area contributed by atoms with Crippen LogP contribution in [-0.4, -0.2) is 64.9 Å². The molecule has 1 atom stereocenters. The van der Waals surface area contributed by atoms with Gasteiger partial charge < -0.3 is 15.1 Å². The minimum atomic E-state index is -0.702. The molecule has 0 spiro atoms. The van der Waals surface area contributed by atoms with Crippen LogP contribution >= 0.6 is 23.4 Å². The van der Waals surface area contributed by atoms with Crippen molar-refractivity contribution < 1.29 is 14.0 Å². The molecule has 8 nitrogen and oxygen atoms in total. The highest BCUT2D eigenvalue weighted by molar-refractivity contribution is 7.98. The van der Waals surface area contributed by atoms with E-state index in [1.807, 2.05) is 42.3 Å². The Morgan fingerprint density at radius 2 is 2.05 bits per heavy atom. The first-order chi connectivity index (χ1) is 20.6. The van der Waals surface area contributed by atoms with Crippen molar-refractivity contribution in [1.82, 2.24) is 14.8 Å². The molecule has 1 aliphatic rings. The van der Waals surface area contributed by atoms with Crippen molar-refractivity contribution in [3.63, 3.8) is 0 Å². The van der Waals surface area contributed by atoms with Crippen molar-refractivity contribution in [2.45, 2.75) is 37.6 Å². The van der Waals surface area contributed by atoms with Gasteiger partial charge in [-0.25, -0.2) is 14.4 Å². The Balaban J connectivity index is 1.98. The van der Waals surface area contributed by atoms with Gasteiger partial charge >= 0.3 is 0 Å². The highest BCUT2D eigenvalue weighted by Crippen LogP contribution is 2.38. The summed E-state index contributed by atoms with van der Waals surface area (Å²) in [7, 11) is 0. The zero-order valence-corrected chi connectivity index (χ0v) is 26.0. The number of anilines is 1. The van der Waals surface area contributed by atoms with Crippen molar-refractivity contribution in [2.75, 3.05) is 31.2 Å². The third-order valence-electron chi connectivity index (χ3n) is 7.26. The number of carbonyl (C=O) groups excluding carboxylic acids is 2. The van der Waals surface area contributed by atoms with Crippen LogP contribution in [-0.2, 0) is 9.59 Å². The second-order valence-electron chi connectivity index (χ2n) is 10.3. The van der Waals surface area contributed by atoms with Crippen LogP contribution in [0.5, 0.6) is 0 Å². The number of aliphatic imine (C=N–C) groups is 1. The average molecular weight is 619 g/mol. The minimum Gasteiger partial charge on any atom is -0.350 e. The van der Waals surface area contributed by atoms with Crippen molar-refractivity contribution >= 4 is 53.0 Å². The molecule has 1 aliphatic heterocycles. The molecule has 11 heteroatoms. The number of carbonyl (C=O) groups is 2. The molecule has 1 unspecified atom stereocenters. The third kappa shape index (κ3) is 6.58. The van der Waals surface area contributed by atoms with Crippen molar-refractivity contribution in [3.05, 3.63) is 82.6 Å². The van der Waals surface area contributed by atoms with E-state index in [9.17, 15) is 14.9 Å². The van der Waals surface area contributed by atoms with E-state index in [4.69, 9.17) is 16.6 Å². The van der Waals surface area contributed by atoms with Crippen LogP contribution < -0.4 is 5.32 Å². The first-order valence-electron chi connectivity index (χ1n) is 13.7. The number of nitrogens with zero attached hydrogens (tertiary/aromatic N) is 5. The number of para-hydroxylation sites is 1. The summed E-state index contributed by atoms with van der Waals surface area (Å²) in [5.41, 5.74) is 2.29. The molecule has 1 fully saturated rings. The Labute approximate surface area is 260 Å². The van der Waals surface area contributed by atoms with Gasteiger partial charge in [0, 0.05) is 36.1 Å². The standard InChI is InChI=1S/C32H32ClFN6O2S/c1-6-27(42)39-13-14-40(20(4)17-39)32(38-30-22(19(2)3)10-8-12-26(30)43-5)24-15-25(34)29(37-31(24)36-18-41)23-11-7-9-21(16-35)28(23)33/h6-12,15,18-20H,1,13-14,17H2,2-5H3,(H,36,37,41)/b38-32+. The third-order valence-corrected chi connectivity index (χ3v) is 8.44. The van der Waals surface area contributed by atoms with E-state index in [1.54, 1.807) is 28.8 Å². The van der Waals surface area contributed by atoms with E-state index in [2.05, 4.69) is 30.7 Å². The second-order valence-corrected chi connectivity index (χ2v) is 11.5. The first kappa shape index (κ1) is 31.7. The molecule has 2 heterocycles. The molecule has 4 rings (SSSR count). The number of aromatic nitrogens is 1. The van der Waals surface area contributed by atoms with Gasteiger partial charge in [-0.15, -0.1) is 11.8 Å². The van der Waals surface area contributed by atoms with Crippen LogP contribution in [0.4, 0.5) is 15.9 Å². The smallest absolute Gasteiger partial charge is 0.246 e. The van der Waals surface area contributed by atoms with Crippen LogP contribution in [0.25, 0.3) is 11.3 Å². The summed E-state index contributed by atoms with van der Waals surface area (Å²) in [6.45, 7) is 10.9. The Morgan fingerprint density at radius 3 is 2.67 bits per heavy atom. The van der Waals surface area contributed by atoms with Crippen LogP contribution in [0.2, 0.25) is 5.02 Å². The number of nitrogens with one attached hydrogen (secondary N) is 1. The zero-order chi connectivity index (χ0) is 31.3. The number of nitriles is 1. The van der Waals surface area contributed by atoms with Gasteiger partial charge in [0.15, 0.2) is 0 Å². The fraction of sp³-hybridized carbons (Fsp3) is 0.281. The predicted octanol–water partition coefficient (Wildman–Crippen LogP) is 6.62. The van der Waals surface area contributed by atoms with Gasteiger partial charge in [-0.2, -0.15) is 5.26 Å². The second kappa shape index (κ2) is 13.8. The van der Waals surface area contributed by atoms with Crippen molar-refractivity contribution in [2.24, 2.45) is 4.99 Å². The lowest BCUT2D eigenvalue weighted by atomic mass is 10.0. The number of halogens is 2. The molecule has 1 aromatic heterocycles. The minimum absolute atomic E-state index is 0.0576. The summed E-state index contributed by atoms with van der Waals surface area (Å²) in [5.74, 6) is -0.247. The molecule has 222 valence electrons. The van der Waals surface area contributed by atoms with E-state index in [-0.39, 0.29) is 51.1 Å². The molecule has 0 radical (unpaired) electrons. The van der Waals surface area contributed by atoms with Gasteiger partial charge in [-0.3, -0.25) is 9.59 Å². The summed E-state index contributed by atoms with van der Waals surface area (Å²) in [5, 5.41) is 12.1. The van der Waals surface area contributed by atoms with Gasteiger partial charge in [0.1, 0.15) is 29.2 Å². The maximum Gasteiger partial charge on any atom is 0.246 e. The van der Waals surface area contributed by atoms with E-state index in [1.165, 1.54) is 18.2 Å². The maximum absolute atomic E-state index is 16.0. The molecule has 43 heavy (non-hydrogen) atoms. The summed E-state index contributed by atoms with van der Waals surface area (Å²) in [6.07, 6.45) is 3.73. The lowest BCUT2D eigenvalue weighted by molar-refractivity contribution is -0.128. The predicted molar refractivity (Wildman–Crippen MR) is 170 cm³/mol. The van der Waals surface area contributed by atoms with Gasteiger partial charge in [-0.05, 0) is 48.9 Å². The Hall–Kier alpha value is -4.20. The van der Waals surface area contributed by atoms with Gasteiger partial charge in [0.2, 0.25) is 12.3 Å². The van der Waals surface area contributed by atoms with Gasteiger partial charge in [-0.1, -0.05) is 56.3 Å². The molecule has 2 aromatic carbocycles. The van der Waals surface area contributed by atoms with Gasteiger partial charge in [0.05, 0.1) is 21.8 Å². The first-order valence-corrected chi connectivity index (χ1v) is 15.3. The van der Waals surface area contributed by atoms with E-state index in [0.717, 1.165) is 16.1 Å². The van der Waals surface area contributed by atoms with Crippen LogP contribution in [0.1, 0.15) is 43.4 Å². The topological polar surface area (TPSA) is 102 Å². The number of hydrogen-bond acceptors (Lipinski definition) is 6. The number of piperazine rings is 1.